The molecule has 220 valence electrons. The maximum atomic E-state index is 9.16. The molecule has 0 fully saturated rings. The third-order valence-corrected chi connectivity index (χ3v) is 9.55. The Bertz CT molecular complexity index is 2360. The zero-order chi connectivity index (χ0) is 31.4. The summed E-state index contributed by atoms with van der Waals surface area (Å²) in [5, 5.41) is 13.6. The number of amidine groups is 2. The Morgan fingerprint density at radius 1 is 0.543 bits per heavy atom. The van der Waals surface area contributed by atoms with Crippen LogP contribution in [0.1, 0.15) is 36.1 Å². The van der Waals surface area contributed by atoms with Crippen molar-refractivity contribution in [2.45, 2.75) is 19.3 Å². The predicted octanol–water partition coefficient (Wildman–Crippen LogP) is 10.4. The van der Waals surface area contributed by atoms with Crippen LogP contribution in [-0.2, 0) is 5.41 Å². The highest BCUT2D eigenvalue weighted by atomic mass is 14.9. The summed E-state index contributed by atoms with van der Waals surface area (Å²) in [7, 11) is 0. The third-order valence-electron chi connectivity index (χ3n) is 9.55. The van der Waals surface area contributed by atoms with E-state index >= 15 is 0 Å². The van der Waals surface area contributed by atoms with Crippen LogP contribution in [0.3, 0.4) is 0 Å². The van der Waals surface area contributed by atoms with E-state index in [1.165, 1.54) is 38.8 Å². The highest BCUT2D eigenvalue weighted by Gasteiger charge is 2.35. The highest BCUT2D eigenvalue weighted by molar-refractivity contribution is 6.16. The average Bonchev–Trinajstić information content (AvgIpc) is 3.33. The zero-order valence-electron chi connectivity index (χ0n) is 25.9. The van der Waals surface area contributed by atoms with E-state index in [0.29, 0.717) is 5.84 Å². The van der Waals surface area contributed by atoms with Crippen molar-refractivity contribution in [3.63, 3.8) is 0 Å². The van der Waals surface area contributed by atoms with Crippen molar-refractivity contribution < 1.29 is 0 Å². The summed E-state index contributed by atoms with van der Waals surface area (Å²) < 4.78 is 0. The number of rotatable bonds is 4. The van der Waals surface area contributed by atoms with E-state index in [0.717, 1.165) is 38.4 Å². The van der Waals surface area contributed by atoms with E-state index in [2.05, 4.69) is 128 Å². The molecule has 0 atom stereocenters. The molecular formula is C43H33N3. The fourth-order valence-corrected chi connectivity index (χ4v) is 7.17. The van der Waals surface area contributed by atoms with E-state index in [1.807, 2.05) is 36.4 Å². The van der Waals surface area contributed by atoms with Crippen LogP contribution in [0, 0.1) is 5.41 Å². The van der Waals surface area contributed by atoms with Gasteiger partial charge in [0, 0.05) is 16.5 Å². The fourth-order valence-electron chi connectivity index (χ4n) is 7.17. The Kier molecular flexibility index (Phi) is 6.43. The molecule has 3 N–H and O–H groups in total. The molecule has 7 aromatic carbocycles. The molecule has 0 saturated heterocycles. The van der Waals surface area contributed by atoms with Crippen molar-refractivity contribution in [3.8, 4) is 33.4 Å². The molecule has 0 aromatic heterocycles. The molecular weight excluding hydrogens is 558 g/mol. The van der Waals surface area contributed by atoms with Gasteiger partial charge in [0.2, 0.25) is 0 Å². The molecule has 0 heterocycles. The molecule has 0 bridgehead atoms. The van der Waals surface area contributed by atoms with Gasteiger partial charge in [0.05, 0.1) is 0 Å². The van der Waals surface area contributed by atoms with Gasteiger partial charge in [-0.3, -0.25) is 5.41 Å². The van der Waals surface area contributed by atoms with E-state index in [9.17, 15) is 0 Å². The van der Waals surface area contributed by atoms with Gasteiger partial charge in [-0.1, -0.05) is 141 Å². The number of nitrogens with two attached hydrogens (primary N) is 1. The first-order valence-electron chi connectivity index (χ1n) is 15.7. The lowest BCUT2D eigenvalue weighted by molar-refractivity contribution is 0.660. The smallest absolute Gasteiger partial charge is 0.154 e. The zero-order valence-corrected chi connectivity index (χ0v) is 25.9. The standard InChI is InChI=1S/C43H33N3/c1-43(2)39-19-11-10-18-35(39)36-21-20-30(26-40(36)43)31-22-23-34(33-17-9-8-16-32(31)33)37-24-28-14-6-7-15-29(28)25-38(37)42(45)46-41(44)27-12-4-3-5-13-27/h3-26H,1-2H3,(H3,44,45,46). The SMILES string of the molecule is CC1(C)c2ccccc2-c2ccc(-c3ccc(-c4cc5ccccc5cc4C(=N)/N=C(\N)c4ccccc4)c4ccccc34)cc21. The quantitative estimate of drug-likeness (QED) is 0.155. The average molecular weight is 592 g/mol. The highest BCUT2D eigenvalue weighted by Crippen LogP contribution is 2.50. The van der Waals surface area contributed by atoms with Crippen LogP contribution in [-0.4, -0.2) is 11.7 Å². The summed E-state index contributed by atoms with van der Waals surface area (Å²) >= 11 is 0. The van der Waals surface area contributed by atoms with Gasteiger partial charge >= 0.3 is 0 Å². The third kappa shape index (κ3) is 4.43. The maximum absolute atomic E-state index is 9.16. The molecule has 3 heteroatoms. The van der Waals surface area contributed by atoms with Crippen LogP contribution in [0.4, 0.5) is 0 Å². The van der Waals surface area contributed by atoms with Crippen LogP contribution in [0.15, 0.2) is 151 Å². The Hall–Kier alpha value is -5.80. The van der Waals surface area contributed by atoms with Crippen LogP contribution in [0.25, 0.3) is 54.9 Å². The summed E-state index contributed by atoms with van der Waals surface area (Å²) in [5.41, 5.74) is 17.7. The Balaban J connectivity index is 1.30. The van der Waals surface area contributed by atoms with Crippen molar-refractivity contribution in [1.82, 2.24) is 0 Å². The number of nitrogens with one attached hydrogen (secondary N) is 1. The lowest BCUT2D eigenvalue weighted by atomic mass is 9.81. The topological polar surface area (TPSA) is 62.2 Å². The van der Waals surface area contributed by atoms with Crippen molar-refractivity contribution >= 4 is 33.2 Å². The number of benzene rings is 7. The van der Waals surface area contributed by atoms with Gasteiger partial charge in [-0.25, -0.2) is 4.99 Å². The molecule has 1 aliphatic rings. The number of fused-ring (bicyclic) bond motifs is 5. The second kappa shape index (κ2) is 10.7. The summed E-state index contributed by atoms with van der Waals surface area (Å²) in [6.45, 7) is 4.65. The first kappa shape index (κ1) is 27.7. The largest absolute Gasteiger partial charge is 0.383 e. The van der Waals surface area contributed by atoms with Crippen molar-refractivity contribution in [1.29, 1.82) is 5.41 Å². The first-order valence-corrected chi connectivity index (χ1v) is 15.7. The maximum Gasteiger partial charge on any atom is 0.154 e. The molecule has 0 radical (unpaired) electrons. The lowest BCUT2D eigenvalue weighted by Crippen LogP contribution is -2.16. The van der Waals surface area contributed by atoms with Gasteiger partial charge in [0.1, 0.15) is 5.84 Å². The molecule has 46 heavy (non-hydrogen) atoms. The minimum absolute atomic E-state index is 0.0693. The number of aliphatic imine (C=N–C) groups is 1. The second-order valence-electron chi connectivity index (χ2n) is 12.6. The normalized spacial score (nSPS) is 13.5. The molecule has 0 aliphatic heterocycles. The van der Waals surface area contributed by atoms with Gasteiger partial charge in [-0.15, -0.1) is 0 Å². The summed E-state index contributed by atoms with van der Waals surface area (Å²) in [5.74, 6) is 0.460. The van der Waals surface area contributed by atoms with Gasteiger partial charge in [0.25, 0.3) is 0 Å². The Labute approximate surface area is 269 Å². The Morgan fingerprint density at radius 2 is 1.13 bits per heavy atom. The van der Waals surface area contributed by atoms with Gasteiger partial charge < -0.3 is 5.73 Å². The number of hydrogen-bond donors (Lipinski definition) is 2. The predicted molar refractivity (Wildman–Crippen MR) is 194 cm³/mol. The monoisotopic (exact) mass is 591 g/mol. The fraction of sp³-hybridized carbons (Fsp3) is 0.0698. The summed E-state index contributed by atoms with van der Waals surface area (Å²) in [6.07, 6.45) is 0. The molecule has 0 saturated carbocycles. The lowest BCUT2D eigenvalue weighted by Gasteiger charge is -2.22. The van der Waals surface area contributed by atoms with E-state index in [4.69, 9.17) is 11.1 Å². The van der Waals surface area contributed by atoms with Crippen molar-refractivity contribution in [2.75, 3.05) is 0 Å². The van der Waals surface area contributed by atoms with Gasteiger partial charge in [0.15, 0.2) is 5.84 Å². The molecule has 1 aliphatic carbocycles. The second-order valence-corrected chi connectivity index (χ2v) is 12.6. The summed E-state index contributed by atoms with van der Waals surface area (Å²) in [4.78, 5) is 4.60. The summed E-state index contributed by atoms with van der Waals surface area (Å²) in [6, 6.07) is 50.9. The minimum Gasteiger partial charge on any atom is -0.383 e. The molecule has 0 amide bonds. The van der Waals surface area contributed by atoms with E-state index in [1.54, 1.807) is 0 Å². The molecule has 3 nitrogen and oxygen atoms in total. The van der Waals surface area contributed by atoms with Crippen molar-refractivity contribution in [2.24, 2.45) is 10.7 Å². The molecule has 8 rings (SSSR count). The molecule has 0 spiro atoms. The Morgan fingerprint density at radius 3 is 1.91 bits per heavy atom. The van der Waals surface area contributed by atoms with E-state index < -0.39 is 0 Å². The number of nitrogens with zero attached hydrogens (tertiary/aromatic N) is 1. The van der Waals surface area contributed by atoms with E-state index in [-0.39, 0.29) is 11.3 Å². The molecule has 0 unspecified atom stereocenters. The van der Waals surface area contributed by atoms with Crippen LogP contribution in [0.2, 0.25) is 0 Å². The van der Waals surface area contributed by atoms with Crippen molar-refractivity contribution in [3.05, 3.63) is 168 Å². The van der Waals surface area contributed by atoms with Crippen LogP contribution < -0.4 is 5.73 Å². The molecule has 7 aromatic rings. The minimum atomic E-state index is -0.0693. The van der Waals surface area contributed by atoms with Gasteiger partial charge in [-0.2, -0.15) is 0 Å². The van der Waals surface area contributed by atoms with Crippen LogP contribution >= 0.6 is 0 Å². The van der Waals surface area contributed by atoms with Gasteiger partial charge in [-0.05, 0) is 84.3 Å². The first-order chi connectivity index (χ1) is 22.4. The number of hydrogen-bond acceptors (Lipinski definition) is 1. The van der Waals surface area contributed by atoms with Crippen LogP contribution in [0.5, 0.6) is 0 Å².